The van der Waals surface area contributed by atoms with Crippen LogP contribution in [0.4, 0.5) is 5.69 Å². The Bertz CT molecular complexity index is 350. The maximum Gasteiger partial charge on any atom is 0.252 e. The largest absolute Gasteiger partial charge is 0.384 e. The lowest BCUT2D eigenvalue weighted by molar-refractivity contribution is -0.123. The van der Waals surface area contributed by atoms with E-state index in [1.165, 1.54) is 6.92 Å². The molecule has 0 aliphatic heterocycles. The summed E-state index contributed by atoms with van der Waals surface area (Å²) in [6.45, 7) is 3.33. The van der Waals surface area contributed by atoms with Crippen LogP contribution in [-0.2, 0) is 4.79 Å². The molecule has 0 fully saturated rings. The lowest BCUT2D eigenvalue weighted by Gasteiger charge is -2.09. The van der Waals surface area contributed by atoms with Crippen LogP contribution in [0, 0.1) is 6.92 Å². The summed E-state index contributed by atoms with van der Waals surface area (Å²) in [4.78, 5) is 11.2. The fourth-order valence-electron chi connectivity index (χ4n) is 0.966. The maximum atomic E-state index is 11.2. The number of amides is 1. The summed E-state index contributed by atoms with van der Waals surface area (Å²) >= 11 is 3.31. The summed E-state index contributed by atoms with van der Waals surface area (Å²) in [7, 11) is 0. The van der Waals surface area contributed by atoms with Crippen molar-refractivity contribution in [2.45, 2.75) is 20.0 Å². The number of hydrogen-bond donors (Lipinski definition) is 2. The highest BCUT2D eigenvalue weighted by Crippen LogP contribution is 2.20. The minimum atomic E-state index is -0.992. The second-order valence-corrected chi connectivity index (χ2v) is 4.04. The van der Waals surface area contributed by atoms with Crippen molar-refractivity contribution in [2.75, 3.05) is 5.32 Å². The molecule has 76 valence electrons. The Balaban J connectivity index is 2.86. The van der Waals surface area contributed by atoms with Crippen molar-refractivity contribution in [1.29, 1.82) is 0 Å². The lowest BCUT2D eigenvalue weighted by Crippen LogP contribution is -2.24. The van der Waals surface area contributed by atoms with Crippen LogP contribution in [0.2, 0.25) is 0 Å². The Morgan fingerprint density at radius 3 is 2.79 bits per heavy atom. The molecule has 0 heterocycles. The van der Waals surface area contributed by atoms with E-state index in [4.69, 9.17) is 5.11 Å². The van der Waals surface area contributed by atoms with Gasteiger partial charge < -0.3 is 10.4 Å². The first-order valence-corrected chi connectivity index (χ1v) is 5.05. The van der Waals surface area contributed by atoms with Gasteiger partial charge in [0, 0.05) is 10.2 Å². The summed E-state index contributed by atoms with van der Waals surface area (Å²) in [5, 5.41) is 11.7. The first-order chi connectivity index (χ1) is 6.50. The van der Waals surface area contributed by atoms with Gasteiger partial charge in [-0.1, -0.05) is 22.0 Å². The number of benzene rings is 1. The number of aliphatic hydroxyl groups excluding tert-OH is 1. The topological polar surface area (TPSA) is 49.3 Å². The number of aliphatic hydroxyl groups is 1. The third-order valence-electron chi connectivity index (χ3n) is 1.84. The Labute approximate surface area is 91.3 Å². The van der Waals surface area contributed by atoms with Crippen LogP contribution in [-0.4, -0.2) is 17.1 Å². The molecule has 1 aromatic carbocycles. The molecule has 0 aromatic heterocycles. The van der Waals surface area contributed by atoms with Gasteiger partial charge in [-0.15, -0.1) is 0 Å². The third-order valence-corrected chi connectivity index (χ3v) is 2.33. The van der Waals surface area contributed by atoms with Gasteiger partial charge in [0.05, 0.1) is 0 Å². The van der Waals surface area contributed by atoms with Crippen molar-refractivity contribution in [3.63, 3.8) is 0 Å². The molecule has 0 aliphatic carbocycles. The number of anilines is 1. The van der Waals surface area contributed by atoms with Gasteiger partial charge in [-0.05, 0) is 31.5 Å². The van der Waals surface area contributed by atoms with Gasteiger partial charge in [-0.3, -0.25) is 4.79 Å². The highest BCUT2D eigenvalue weighted by atomic mass is 79.9. The molecule has 1 atom stereocenters. The van der Waals surface area contributed by atoms with Crippen molar-refractivity contribution in [3.8, 4) is 0 Å². The van der Waals surface area contributed by atoms with E-state index in [9.17, 15) is 4.79 Å². The van der Waals surface area contributed by atoms with E-state index >= 15 is 0 Å². The SMILES string of the molecule is Cc1ccc(Br)cc1NC(=O)C(C)O. The minimum absolute atomic E-state index is 0.397. The van der Waals surface area contributed by atoms with Gasteiger partial charge >= 0.3 is 0 Å². The standard InChI is InChI=1S/C10H12BrNO2/c1-6-3-4-8(11)5-9(6)12-10(14)7(2)13/h3-5,7,13H,1-2H3,(H,12,14). The Kier molecular flexibility index (Phi) is 3.66. The van der Waals surface area contributed by atoms with E-state index in [-0.39, 0.29) is 0 Å². The summed E-state index contributed by atoms with van der Waals surface area (Å²) in [5.74, 6) is -0.397. The molecule has 2 N–H and O–H groups in total. The van der Waals surface area contributed by atoms with Gasteiger partial charge in [0.25, 0.3) is 5.91 Å². The van der Waals surface area contributed by atoms with Crippen molar-refractivity contribution in [3.05, 3.63) is 28.2 Å². The monoisotopic (exact) mass is 257 g/mol. The molecule has 3 nitrogen and oxygen atoms in total. The molecule has 0 bridgehead atoms. The van der Waals surface area contributed by atoms with Crippen LogP contribution in [0.5, 0.6) is 0 Å². The van der Waals surface area contributed by atoms with E-state index in [0.717, 1.165) is 10.0 Å². The molecule has 0 aliphatic rings. The van der Waals surface area contributed by atoms with Crippen LogP contribution < -0.4 is 5.32 Å². The Morgan fingerprint density at radius 1 is 1.57 bits per heavy atom. The summed E-state index contributed by atoms with van der Waals surface area (Å²) in [6.07, 6.45) is -0.992. The molecule has 0 saturated heterocycles. The van der Waals surface area contributed by atoms with Crippen molar-refractivity contribution < 1.29 is 9.90 Å². The predicted octanol–water partition coefficient (Wildman–Crippen LogP) is 2.08. The molecule has 1 amide bonds. The minimum Gasteiger partial charge on any atom is -0.384 e. The summed E-state index contributed by atoms with van der Waals surface area (Å²) in [6, 6.07) is 5.59. The van der Waals surface area contributed by atoms with Crippen LogP contribution in [0.25, 0.3) is 0 Å². The van der Waals surface area contributed by atoms with Crippen molar-refractivity contribution >= 4 is 27.5 Å². The number of carbonyl (C=O) groups is 1. The van der Waals surface area contributed by atoms with Gasteiger partial charge in [-0.25, -0.2) is 0 Å². The first kappa shape index (κ1) is 11.2. The maximum absolute atomic E-state index is 11.2. The van der Waals surface area contributed by atoms with Gasteiger partial charge in [0.2, 0.25) is 0 Å². The Morgan fingerprint density at radius 2 is 2.21 bits per heavy atom. The summed E-state index contributed by atoms with van der Waals surface area (Å²) in [5.41, 5.74) is 1.67. The average Bonchev–Trinajstić information content (AvgIpc) is 2.11. The lowest BCUT2D eigenvalue weighted by atomic mass is 10.2. The normalized spacial score (nSPS) is 12.3. The number of carbonyl (C=O) groups excluding carboxylic acids is 1. The fourth-order valence-corrected chi connectivity index (χ4v) is 1.33. The molecule has 14 heavy (non-hydrogen) atoms. The number of rotatable bonds is 2. The highest BCUT2D eigenvalue weighted by Gasteiger charge is 2.09. The molecule has 1 aromatic rings. The molecule has 0 radical (unpaired) electrons. The van der Waals surface area contributed by atoms with Gasteiger partial charge in [0.1, 0.15) is 6.10 Å². The molecule has 1 rings (SSSR count). The number of hydrogen-bond acceptors (Lipinski definition) is 2. The van der Waals surface area contributed by atoms with Crippen molar-refractivity contribution in [1.82, 2.24) is 0 Å². The number of aryl methyl sites for hydroxylation is 1. The highest BCUT2D eigenvalue weighted by molar-refractivity contribution is 9.10. The van der Waals surface area contributed by atoms with E-state index in [1.807, 2.05) is 19.1 Å². The molecular weight excluding hydrogens is 246 g/mol. The number of nitrogens with one attached hydrogen (secondary N) is 1. The second kappa shape index (κ2) is 4.57. The fraction of sp³-hybridized carbons (Fsp3) is 0.300. The van der Waals surface area contributed by atoms with Crippen LogP contribution in [0.15, 0.2) is 22.7 Å². The second-order valence-electron chi connectivity index (χ2n) is 3.12. The smallest absolute Gasteiger partial charge is 0.252 e. The van der Waals surface area contributed by atoms with Crippen molar-refractivity contribution in [2.24, 2.45) is 0 Å². The van der Waals surface area contributed by atoms with Crippen LogP contribution in [0.3, 0.4) is 0 Å². The molecule has 0 spiro atoms. The van der Waals surface area contributed by atoms with Crippen LogP contribution >= 0.6 is 15.9 Å². The Hall–Kier alpha value is -0.870. The van der Waals surface area contributed by atoms with Gasteiger partial charge in [0.15, 0.2) is 0 Å². The zero-order valence-corrected chi connectivity index (χ0v) is 9.63. The predicted molar refractivity (Wildman–Crippen MR) is 59.2 cm³/mol. The molecule has 0 saturated carbocycles. The average molecular weight is 258 g/mol. The third kappa shape index (κ3) is 2.82. The molecular formula is C10H12BrNO2. The van der Waals surface area contributed by atoms with Crippen LogP contribution in [0.1, 0.15) is 12.5 Å². The molecule has 1 unspecified atom stereocenters. The first-order valence-electron chi connectivity index (χ1n) is 4.26. The van der Waals surface area contributed by atoms with E-state index < -0.39 is 12.0 Å². The van der Waals surface area contributed by atoms with E-state index in [1.54, 1.807) is 6.07 Å². The molecule has 4 heteroatoms. The van der Waals surface area contributed by atoms with E-state index in [2.05, 4.69) is 21.2 Å². The zero-order valence-electron chi connectivity index (χ0n) is 8.04. The quantitative estimate of drug-likeness (QED) is 0.853. The summed E-state index contributed by atoms with van der Waals surface area (Å²) < 4.78 is 0.893. The zero-order chi connectivity index (χ0) is 10.7. The van der Waals surface area contributed by atoms with Gasteiger partial charge in [-0.2, -0.15) is 0 Å². The van der Waals surface area contributed by atoms with E-state index in [0.29, 0.717) is 5.69 Å². The number of halogens is 1.